The van der Waals surface area contributed by atoms with Crippen LogP contribution in [0.3, 0.4) is 0 Å². The van der Waals surface area contributed by atoms with Crippen LogP contribution in [-0.2, 0) is 17.8 Å². The number of carbonyl (C=O) groups excluding carboxylic acids is 1. The lowest BCUT2D eigenvalue weighted by Gasteiger charge is -2.29. The van der Waals surface area contributed by atoms with E-state index in [9.17, 15) is 4.79 Å². The summed E-state index contributed by atoms with van der Waals surface area (Å²) in [7, 11) is 0. The molecule has 1 aliphatic rings. The molecule has 4 heteroatoms. The second kappa shape index (κ2) is 4.06. The lowest BCUT2D eigenvalue weighted by molar-refractivity contribution is -0.129. The molecule has 2 rings (SSSR count). The summed E-state index contributed by atoms with van der Waals surface area (Å²) in [5, 5.41) is 0.655. The zero-order valence-electron chi connectivity index (χ0n) is 8.46. The predicted octanol–water partition coefficient (Wildman–Crippen LogP) is 2.53. The van der Waals surface area contributed by atoms with Crippen molar-refractivity contribution in [3.05, 3.63) is 28.3 Å². The summed E-state index contributed by atoms with van der Waals surface area (Å²) in [5.41, 5.74) is 2.34. The standard InChI is InChI=1S/C11H12ClNOS/c1-7(14)13-5-4-8-2-3-10(12)11(15)9(8)6-13/h2-3,15H,4-6H2,1H3. The average Bonchev–Trinajstić information content (AvgIpc) is 2.23. The fraction of sp³-hybridized carbons (Fsp3) is 0.364. The molecule has 0 spiro atoms. The van der Waals surface area contributed by atoms with Crippen LogP contribution in [0.2, 0.25) is 5.02 Å². The second-order valence-corrected chi connectivity index (χ2v) is 4.58. The monoisotopic (exact) mass is 241 g/mol. The first-order valence-electron chi connectivity index (χ1n) is 4.84. The minimum absolute atomic E-state index is 0.105. The van der Waals surface area contributed by atoms with E-state index in [2.05, 4.69) is 12.6 Å². The number of carbonyl (C=O) groups is 1. The summed E-state index contributed by atoms with van der Waals surface area (Å²) in [6.07, 6.45) is 0.889. The Balaban J connectivity index is 2.39. The topological polar surface area (TPSA) is 20.3 Å². The van der Waals surface area contributed by atoms with Crippen LogP contribution in [0.25, 0.3) is 0 Å². The maximum atomic E-state index is 11.3. The van der Waals surface area contributed by atoms with Crippen LogP contribution in [0, 0.1) is 0 Å². The van der Waals surface area contributed by atoms with Crippen molar-refractivity contribution in [3.8, 4) is 0 Å². The molecule has 0 saturated heterocycles. The number of benzene rings is 1. The minimum Gasteiger partial charge on any atom is -0.338 e. The Morgan fingerprint density at radius 2 is 2.27 bits per heavy atom. The minimum atomic E-state index is 0.105. The van der Waals surface area contributed by atoms with E-state index in [1.165, 1.54) is 5.56 Å². The van der Waals surface area contributed by atoms with Gasteiger partial charge in [-0.15, -0.1) is 12.6 Å². The SMILES string of the molecule is CC(=O)N1CCc2ccc(Cl)c(S)c2C1. The van der Waals surface area contributed by atoms with Crippen molar-refractivity contribution < 1.29 is 4.79 Å². The first kappa shape index (κ1) is 10.8. The highest BCUT2D eigenvalue weighted by Crippen LogP contribution is 2.30. The van der Waals surface area contributed by atoms with E-state index in [0.717, 1.165) is 23.4 Å². The fourth-order valence-electron chi connectivity index (χ4n) is 1.85. The quantitative estimate of drug-likeness (QED) is 0.693. The van der Waals surface area contributed by atoms with Crippen molar-refractivity contribution in [3.63, 3.8) is 0 Å². The maximum Gasteiger partial charge on any atom is 0.219 e. The van der Waals surface area contributed by atoms with Gasteiger partial charge in [0.05, 0.1) is 5.02 Å². The summed E-state index contributed by atoms with van der Waals surface area (Å²) in [6.45, 7) is 3.01. The molecule has 1 aromatic rings. The third kappa shape index (κ3) is 1.99. The Bertz CT molecular complexity index is 419. The lowest BCUT2D eigenvalue weighted by Crippen LogP contribution is -2.34. The number of halogens is 1. The number of hydrogen-bond acceptors (Lipinski definition) is 2. The molecule has 0 fully saturated rings. The van der Waals surface area contributed by atoms with Gasteiger partial charge in [-0.25, -0.2) is 0 Å². The molecule has 0 aromatic heterocycles. The summed E-state index contributed by atoms with van der Waals surface area (Å²) in [4.78, 5) is 13.9. The molecule has 0 bridgehead atoms. The fourth-order valence-corrected chi connectivity index (χ4v) is 2.32. The van der Waals surface area contributed by atoms with Gasteiger partial charge >= 0.3 is 0 Å². The van der Waals surface area contributed by atoms with Gasteiger partial charge in [0.15, 0.2) is 0 Å². The van der Waals surface area contributed by atoms with Crippen LogP contribution in [0.1, 0.15) is 18.1 Å². The molecule has 0 radical (unpaired) electrons. The maximum absolute atomic E-state index is 11.3. The first-order valence-corrected chi connectivity index (χ1v) is 5.67. The van der Waals surface area contributed by atoms with Gasteiger partial charge in [-0.2, -0.15) is 0 Å². The summed E-state index contributed by atoms with van der Waals surface area (Å²) in [6, 6.07) is 3.89. The highest BCUT2D eigenvalue weighted by atomic mass is 35.5. The number of hydrogen-bond donors (Lipinski definition) is 1. The highest BCUT2D eigenvalue weighted by Gasteiger charge is 2.20. The van der Waals surface area contributed by atoms with Crippen molar-refractivity contribution in [1.82, 2.24) is 4.90 Å². The van der Waals surface area contributed by atoms with E-state index < -0.39 is 0 Å². The van der Waals surface area contributed by atoms with Gasteiger partial charge in [0, 0.05) is 24.9 Å². The largest absolute Gasteiger partial charge is 0.338 e. The molecule has 1 aromatic carbocycles. The first-order chi connectivity index (χ1) is 7.09. The number of amides is 1. The van der Waals surface area contributed by atoms with Gasteiger partial charge in [0.25, 0.3) is 0 Å². The molecule has 0 N–H and O–H groups in total. The molecule has 80 valence electrons. The third-order valence-corrected chi connectivity index (χ3v) is 3.73. The molecular weight excluding hydrogens is 230 g/mol. The van der Waals surface area contributed by atoms with Gasteiger partial charge in [-0.1, -0.05) is 17.7 Å². The molecule has 0 unspecified atom stereocenters. The highest BCUT2D eigenvalue weighted by molar-refractivity contribution is 7.80. The Labute approximate surface area is 99.6 Å². The van der Waals surface area contributed by atoms with Crippen molar-refractivity contribution in [1.29, 1.82) is 0 Å². The second-order valence-electron chi connectivity index (χ2n) is 3.72. The normalized spacial score (nSPS) is 15.0. The Morgan fingerprint density at radius 3 is 2.93 bits per heavy atom. The Hall–Kier alpha value is -0.670. The summed E-state index contributed by atoms with van der Waals surface area (Å²) in [5.74, 6) is 0.105. The van der Waals surface area contributed by atoms with Crippen LogP contribution in [0.4, 0.5) is 0 Å². The van der Waals surface area contributed by atoms with Crippen LogP contribution in [0.15, 0.2) is 17.0 Å². The van der Waals surface area contributed by atoms with Gasteiger partial charge in [0.2, 0.25) is 5.91 Å². The molecule has 0 atom stereocenters. The van der Waals surface area contributed by atoms with Crippen LogP contribution < -0.4 is 0 Å². The predicted molar refractivity (Wildman–Crippen MR) is 63.5 cm³/mol. The molecule has 15 heavy (non-hydrogen) atoms. The van der Waals surface area contributed by atoms with Gasteiger partial charge < -0.3 is 4.90 Å². The average molecular weight is 242 g/mol. The number of nitrogens with zero attached hydrogens (tertiary/aromatic N) is 1. The van der Waals surface area contributed by atoms with Crippen molar-refractivity contribution in [2.24, 2.45) is 0 Å². The Morgan fingerprint density at radius 1 is 1.53 bits per heavy atom. The van der Waals surface area contributed by atoms with Crippen molar-refractivity contribution in [2.45, 2.75) is 24.8 Å². The van der Waals surface area contributed by atoms with Gasteiger partial charge in [-0.3, -0.25) is 4.79 Å². The Kier molecular flexibility index (Phi) is 2.94. The lowest BCUT2D eigenvalue weighted by atomic mass is 10.00. The molecule has 0 saturated carbocycles. The van der Waals surface area contributed by atoms with Gasteiger partial charge in [0.1, 0.15) is 0 Å². The van der Waals surface area contributed by atoms with Crippen LogP contribution in [-0.4, -0.2) is 17.4 Å². The van der Waals surface area contributed by atoms with Crippen molar-refractivity contribution in [2.75, 3.05) is 6.54 Å². The number of thiol groups is 1. The molecule has 2 nitrogen and oxygen atoms in total. The van der Waals surface area contributed by atoms with E-state index in [1.807, 2.05) is 17.0 Å². The smallest absolute Gasteiger partial charge is 0.219 e. The van der Waals surface area contributed by atoms with E-state index >= 15 is 0 Å². The van der Waals surface area contributed by atoms with E-state index in [4.69, 9.17) is 11.6 Å². The van der Waals surface area contributed by atoms with E-state index in [1.54, 1.807) is 6.92 Å². The molecule has 1 amide bonds. The van der Waals surface area contributed by atoms with E-state index in [0.29, 0.717) is 11.6 Å². The van der Waals surface area contributed by atoms with E-state index in [-0.39, 0.29) is 5.91 Å². The number of rotatable bonds is 0. The number of fused-ring (bicyclic) bond motifs is 1. The summed E-state index contributed by atoms with van der Waals surface area (Å²) < 4.78 is 0. The molecular formula is C11H12ClNOS. The van der Waals surface area contributed by atoms with Crippen molar-refractivity contribution >= 4 is 30.1 Å². The van der Waals surface area contributed by atoms with Gasteiger partial charge in [-0.05, 0) is 23.6 Å². The summed E-state index contributed by atoms with van der Waals surface area (Å²) >= 11 is 10.4. The van der Waals surface area contributed by atoms with Crippen LogP contribution >= 0.6 is 24.2 Å². The molecule has 0 aliphatic carbocycles. The molecule has 1 aliphatic heterocycles. The van der Waals surface area contributed by atoms with Crippen LogP contribution in [0.5, 0.6) is 0 Å². The zero-order chi connectivity index (χ0) is 11.0. The third-order valence-electron chi connectivity index (χ3n) is 2.78. The zero-order valence-corrected chi connectivity index (χ0v) is 10.1. The molecule has 1 heterocycles.